The van der Waals surface area contributed by atoms with E-state index in [-0.39, 0.29) is 5.75 Å². The molecule has 4 heteroatoms. The first-order chi connectivity index (χ1) is 6.83. The van der Waals surface area contributed by atoms with Crippen LogP contribution in [0, 0.1) is 0 Å². The Kier molecular flexibility index (Phi) is 4.96. The maximum Gasteiger partial charge on any atom is 0.133 e. The second-order valence-corrected chi connectivity index (χ2v) is 3.03. The molecule has 1 aromatic rings. The molecule has 0 fully saturated rings. The van der Waals surface area contributed by atoms with E-state index in [2.05, 4.69) is 10.3 Å². The quantitative estimate of drug-likeness (QED) is 0.664. The number of ether oxygens (including phenoxy) is 1. The molecular weight excluding hydrogens is 180 g/mol. The van der Waals surface area contributed by atoms with Crippen molar-refractivity contribution >= 4 is 0 Å². The Labute approximate surface area is 83.9 Å². The van der Waals surface area contributed by atoms with Gasteiger partial charge in [-0.25, -0.2) is 0 Å². The van der Waals surface area contributed by atoms with Crippen LogP contribution in [-0.4, -0.2) is 30.4 Å². The number of hydrogen-bond donors (Lipinski definition) is 2. The van der Waals surface area contributed by atoms with Crippen molar-refractivity contribution in [2.75, 3.05) is 20.3 Å². The monoisotopic (exact) mass is 196 g/mol. The smallest absolute Gasteiger partial charge is 0.133 e. The average Bonchev–Trinajstić information content (AvgIpc) is 2.21. The van der Waals surface area contributed by atoms with Crippen molar-refractivity contribution in [1.82, 2.24) is 10.3 Å². The third-order valence-corrected chi connectivity index (χ3v) is 1.82. The zero-order chi connectivity index (χ0) is 10.2. The first kappa shape index (κ1) is 10.9. The van der Waals surface area contributed by atoms with Gasteiger partial charge in [0.2, 0.25) is 0 Å². The summed E-state index contributed by atoms with van der Waals surface area (Å²) in [6, 6.07) is 3.44. The van der Waals surface area contributed by atoms with E-state index in [0.717, 1.165) is 31.8 Å². The topological polar surface area (TPSA) is 54.4 Å². The molecule has 0 bridgehead atoms. The maximum atomic E-state index is 9.00. The van der Waals surface area contributed by atoms with Crippen molar-refractivity contribution in [2.45, 2.75) is 13.0 Å². The van der Waals surface area contributed by atoms with Gasteiger partial charge in [-0.2, -0.15) is 0 Å². The predicted molar refractivity (Wildman–Crippen MR) is 54.1 cm³/mol. The summed E-state index contributed by atoms with van der Waals surface area (Å²) in [5, 5.41) is 12.2. The van der Waals surface area contributed by atoms with Gasteiger partial charge >= 0.3 is 0 Å². The van der Waals surface area contributed by atoms with Crippen molar-refractivity contribution in [2.24, 2.45) is 0 Å². The van der Waals surface area contributed by atoms with Crippen molar-refractivity contribution < 1.29 is 9.84 Å². The molecular formula is C10H16N2O2. The van der Waals surface area contributed by atoms with Crippen LogP contribution < -0.4 is 5.32 Å². The number of hydrogen-bond acceptors (Lipinski definition) is 4. The van der Waals surface area contributed by atoms with Crippen molar-refractivity contribution in [3.8, 4) is 5.75 Å². The molecule has 0 aromatic carbocycles. The molecule has 2 N–H and O–H groups in total. The second-order valence-electron chi connectivity index (χ2n) is 3.03. The fraction of sp³-hybridized carbons (Fsp3) is 0.500. The van der Waals surface area contributed by atoms with Crippen molar-refractivity contribution in [1.29, 1.82) is 0 Å². The summed E-state index contributed by atoms with van der Waals surface area (Å²) in [5.41, 5.74) is 0.931. The van der Waals surface area contributed by atoms with Gasteiger partial charge < -0.3 is 15.2 Å². The van der Waals surface area contributed by atoms with Gasteiger partial charge in [-0.3, -0.25) is 4.98 Å². The minimum absolute atomic E-state index is 0.202. The summed E-state index contributed by atoms with van der Waals surface area (Å²) < 4.78 is 4.92. The molecule has 1 aromatic heterocycles. The highest BCUT2D eigenvalue weighted by Gasteiger charge is 1.93. The lowest BCUT2D eigenvalue weighted by molar-refractivity contribution is 0.194. The van der Waals surface area contributed by atoms with Crippen LogP contribution >= 0.6 is 0 Å². The minimum Gasteiger partial charge on any atom is -0.506 e. The number of rotatable bonds is 6. The fourth-order valence-corrected chi connectivity index (χ4v) is 1.08. The Bertz CT molecular complexity index is 249. The van der Waals surface area contributed by atoms with Gasteiger partial charge in [0.15, 0.2) is 0 Å². The standard InChI is InChI=1S/C10H16N2O2/c1-14-6-2-5-11-7-9-3-4-10(13)8-12-9/h3-4,8,11,13H,2,5-7H2,1H3. The van der Waals surface area contributed by atoms with Gasteiger partial charge in [0.25, 0.3) is 0 Å². The van der Waals surface area contributed by atoms with Gasteiger partial charge in [-0.05, 0) is 25.1 Å². The molecule has 0 saturated heterocycles. The van der Waals surface area contributed by atoms with E-state index in [1.165, 1.54) is 6.20 Å². The highest BCUT2D eigenvalue weighted by molar-refractivity contribution is 5.17. The Morgan fingerprint density at radius 3 is 3.00 bits per heavy atom. The summed E-state index contributed by atoms with van der Waals surface area (Å²) in [6.07, 6.45) is 2.45. The van der Waals surface area contributed by atoms with Gasteiger partial charge in [-0.15, -0.1) is 0 Å². The molecule has 0 saturated carbocycles. The Morgan fingerprint density at radius 1 is 1.50 bits per heavy atom. The van der Waals surface area contributed by atoms with E-state index in [0.29, 0.717) is 0 Å². The number of pyridine rings is 1. The average molecular weight is 196 g/mol. The predicted octanol–water partition coefficient (Wildman–Crippen LogP) is 0.913. The van der Waals surface area contributed by atoms with E-state index in [9.17, 15) is 0 Å². The number of aromatic hydroxyl groups is 1. The summed E-state index contributed by atoms with van der Waals surface area (Å²) in [5.74, 6) is 0.202. The van der Waals surface area contributed by atoms with Gasteiger partial charge in [0.05, 0.1) is 11.9 Å². The van der Waals surface area contributed by atoms with Crippen LogP contribution in [0.25, 0.3) is 0 Å². The maximum absolute atomic E-state index is 9.00. The molecule has 1 rings (SSSR count). The van der Waals surface area contributed by atoms with Crippen molar-refractivity contribution in [3.05, 3.63) is 24.0 Å². The van der Waals surface area contributed by atoms with E-state index in [4.69, 9.17) is 9.84 Å². The van der Waals surface area contributed by atoms with Crippen LogP contribution in [0.15, 0.2) is 18.3 Å². The summed E-state index contributed by atoms with van der Waals surface area (Å²) in [4.78, 5) is 4.05. The number of methoxy groups -OCH3 is 1. The lowest BCUT2D eigenvalue weighted by Gasteiger charge is -2.03. The number of nitrogens with zero attached hydrogens (tertiary/aromatic N) is 1. The molecule has 0 radical (unpaired) electrons. The van der Waals surface area contributed by atoms with Crippen LogP contribution in [-0.2, 0) is 11.3 Å². The molecule has 0 atom stereocenters. The molecule has 0 aliphatic carbocycles. The SMILES string of the molecule is COCCCNCc1ccc(O)cn1. The van der Waals surface area contributed by atoms with Gasteiger partial charge in [-0.1, -0.05) is 0 Å². The van der Waals surface area contributed by atoms with Gasteiger partial charge in [0, 0.05) is 20.3 Å². The summed E-state index contributed by atoms with van der Waals surface area (Å²) in [6.45, 7) is 2.41. The number of nitrogens with one attached hydrogen (secondary N) is 1. The normalized spacial score (nSPS) is 10.4. The summed E-state index contributed by atoms with van der Waals surface area (Å²) >= 11 is 0. The summed E-state index contributed by atoms with van der Waals surface area (Å²) in [7, 11) is 1.70. The van der Waals surface area contributed by atoms with E-state index < -0.39 is 0 Å². The van der Waals surface area contributed by atoms with Gasteiger partial charge in [0.1, 0.15) is 5.75 Å². The van der Waals surface area contributed by atoms with Crippen LogP contribution in [0.4, 0.5) is 0 Å². The second kappa shape index (κ2) is 6.34. The zero-order valence-electron chi connectivity index (χ0n) is 8.36. The molecule has 0 spiro atoms. The highest BCUT2D eigenvalue weighted by atomic mass is 16.5. The third kappa shape index (κ3) is 4.20. The lowest BCUT2D eigenvalue weighted by atomic mass is 10.3. The van der Waals surface area contributed by atoms with E-state index in [1.807, 2.05) is 0 Å². The molecule has 1 heterocycles. The molecule has 0 aliphatic rings. The van der Waals surface area contributed by atoms with Crippen LogP contribution in [0.3, 0.4) is 0 Å². The first-order valence-electron chi connectivity index (χ1n) is 4.66. The molecule has 0 aliphatic heterocycles. The molecule has 0 amide bonds. The molecule has 4 nitrogen and oxygen atoms in total. The molecule has 78 valence electrons. The lowest BCUT2D eigenvalue weighted by Crippen LogP contribution is -2.16. The van der Waals surface area contributed by atoms with Crippen LogP contribution in [0.2, 0.25) is 0 Å². The Hall–Kier alpha value is -1.13. The molecule has 14 heavy (non-hydrogen) atoms. The highest BCUT2D eigenvalue weighted by Crippen LogP contribution is 2.05. The van der Waals surface area contributed by atoms with Crippen molar-refractivity contribution in [3.63, 3.8) is 0 Å². The fourth-order valence-electron chi connectivity index (χ4n) is 1.08. The Balaban J connectivity index is 2.15. The minimum atomic E-state index is 0.202. The largest absolute Gasteiger partial charge is 0.506 e. The Morgan fingerprint density at radius 2 is 2.36 bits per heavy atom. The zero-order valence-corrected chi connectivity index (χ0v) is 8.36. The van der Waals surface area contributed by atoms with E-state index >= 15 is 0 Å². The van der Waals surface area contributed by atoms with Crippen LogP contribution in [0.1, 0.15) is 12.1 Å². The first-order valence-corrected chi connectivity index (χ1v) is 4.66. The molecule has 0 unspecified atom stereocenters. The number of aromatic nitrogens is 1. The van der Waals surface area contributed by atoms with E-state index in [1.54, 1.807) is 19.2 Å². The van der Waals surface area contributed by atoms with Crippen LogP contribution in [0.5, 0.6) is 5.75 Å². The third-order valence-electron chi connectivity index (χ3n) is 1.82.